The summed E-state index contributed by atoms with van der Waals surface area (Å²) < 4.78 is 1.15. The van der Waals surface area contributed by atoms with Crippen molar-refractivity contribution in [3.8, 4) is 5.75 Å². The van der Waals surface area contributed by atoms with Gasteiger partial charge in [0.25, 0.3) is 0 Å². The molecule has 0 aromatic heterocycles. The van der Waals surface area contributed by atoms with Crippen LogP contribution in [0, 0.1) is 0 Å². The summed E-state index contributed by atoms with van der Waals surface area (Å²) >= 11 is 3.52. The fourth-order valence-electron chi connectivity index (χ4n) is 2.69. The molecule has 0 saturated heterocycles. The number of hydrogen-bond acceptors (Lipinski definition) is 2. The minimum atomic E-state index is 0.365. The van der Waals surface area contributed by atoms with Crippen molar-refractivity contribution in [3.63, 3.8) is 0 Å². The van der Waals surface area contributed by atoms with Gasteiger partial charge in [-0.05, 0) is 42.2 Å². The average molecular weight is 318 g/mol. The first-order valence-electron chi connectivity index (χ1n) is 6.52. The van der Waals surface area contributed by atoms with Crippen molar-refractivity contribution < 1.29 is 5.11 Å². The molecule has 1 aliphatic rings. The minimum Gasteiger partial charge on any atom is -0.508 e. The average Bonchev–Trinajstić information content (AvgIpc) is 2.80. The van der Waals surface area contributed by atoms with Gasteiger partial charge in [-0.2, -0.15) is 0 Å². The first-order chi connectivity index (χ1) is 9.24. The van der Waals surface area contributed by atoms with E-state index in [-0.39, 0.29) is 0 Å². The van der Waals surface area contributed by atoms with Crippen LogP contribution < -0.4 is 5.32 Å². The van der Waals surface area contributed by atoms with Crippen LogP contribution in [0.25, 0.3) is 0 Å². The molecular formula is C16H16BrNO. The number of nitrogens with one attached hydrogen (secondary N) is 1. The summed E-state index contributed by atoms with van der Waals surface area (Å²) in [6.07, 6.45) is 2.24. The normalized spacial score (nSPS) is 17.4. The fourth-order valence-corrected chi connectivity index (χ4v) is 3.10. The van der Waals surface area contributed by atoms with E-state index >= 15 is 0 Å². The van der Waals surface area contributed by atoms with E-state index in [1.807, 2.05) is 18.2 Å². The van der Waals surface area contributed by atoms with Crippen LogP contribution in [-0.4, -0.2) is 5.11 Å². The van der Waals surface area contributed by atoms with Crippen LogP contribution in [0.4, 0.5) is 0 Å². The maximum absolute atomic E-state index is 9.77. The van der Waals surface area contributed by atoms with Crippen LogP contribution in [0.2, 0.25) is 0 Å². The summed E-state index contributed by atoms with van der Waals surface area (Å²) in [4.78, 5) is 0. The van der Waals surface area contributed by atoms with E-state index in [2.05, 4.69) is 39.4 Å². The van der Waals surface area contributed by atoms with Gasteiger partial charge in [0, 0.05) is 22.6 Å². The number of phenols is 1. The van der Waals surface area contributed by atoms with Crippen LogP contribution in [0.5, 0.6) is 5.75 Å². The van der Waals surface area contributed by atoms with Crippen molar-refractivity contribution in [2.24, 2.45) is 0 Å². The molecule has 0 aliphatic heterocycles. The van der Waals surface area contributed by atoms with E-state index in [1.165, 1.54) is 11.1 Å². The summed E-state index contributed by atoms with van der Waals surface area (Å²) in [7, 11) is 0. The predicted molar refractivity (Wildman–Crippen MR) is 80.2 cm³/mol. The molecule has 2 nitrogen and oxygen atoms in total. The lowest BCUT2D eigenvalue weighted by Crippen LogP contribution is -2.18. The Bertz CT molecular complexity index is 597. The van der Waals surface area contributed by atoms with Crippen LogP contribution in [-0.2, 0) is 13.0 Å². The van der Waals surface area contributed by atoms with Crippen molar-refractivity contribution in [1.29, 1.82) is 0 Å². The number of fused-ring (bicyclic) bond motifs is 1. The molecule has 3 heteroatoms. The number of aryl methyl sites for hydroxylation is 1. The topological polar surface area (TPSA) is 32.3 Å². The largest absolute Gasteiger partial charge is 0.508 e. The van der Waals surface area contributed by atoms with E-state index in [1.54, 1.807) is 6.07 Å². The summed E-state index contributed by atoms with van der Waals surface area (Å²) in [5, 5.41) is 13.3. The van der Waals surface area contributed by atoms with Gasteiger partial charge in [-0.1, -0.05) is 40.2 Å². The molecule has 0 heterocycles. The summed E-state index contributed by atoms with van der Waals surface area (Å²) in [6.45, 7) is 0.701. The van der Waals surface area contributed by atoms with Gasteiger partial charge in [-0.25, -0.2) is 0 Å². The number of hydrogen-bond donors (Lipinski definition) is 2. The predicted octanol–water partition coefficient (Wildman–Crippen LogP) is 3.93. The molecule has 0 radical (unpaired) electrons. The molecule has 1 atom stereocenters. The molecule has 1 unspecified atom stereocenters. The number of benzene rings is 2. The Morgan fingerprint density at radius 2 is 2.05 bits per heavy atom. The molecule has 0 saturated carbocycles. The van der Waals surface area contributed by atoms with Crippen molar-refractivity contribution >= 4 is 15.9 Å². The number of aromatic hydroxyl groups is 1. The van der Waals surface area contributed by atoms with Crippen LogP contribution in [0.1, 0.15) is 29.2 Å². The number of phenolic OH excluding ortho intramolecular Hbond substituents is 1. The van der Waals surface area contributed by atoms with E-state index in [0.717, 1.165) is 22.9 Å². The Balaban J connectivity index is 1.72. The first-order valence-corrected chi connectivity index (χ1v) is 7.32. The molecule has 2 aromatic carbocycles. The highest BCUT2D eigenvalue weighted by molar-refractivity contribution is 9.10. The lowest BCUT2D eigenvalue weighted by molar-refractivity contribution is 0.456. The molecule has 3 rings (SSSR count). The maximum atomic E-state index is 9.77. The van der Waals surface area contributed by atoms with Crippen molar-refractivity contribution in [2.45, 2.75) is 25.4 Å². The van der Waals surface area contributed by atoms with Crippen molar-refractivity contribution in [1.82, 2.24) is 5.32 Å². The Morgan fingerprint density at radius 3 is 2.89 bits per heavy atom. The number of halogens is 1. The summed E-state index contributed by atoms with van der Waals surface area (Å²) in [5.41, 5.74) is 3.76. The highest BCUT2D eigenvalue weighted by atomic mass is 79.9. The van der Waals surface area contributed by atoms with Crippen LogP contribution >= 0.6 is 15.9 Å². The number of rotatable bonds is 3. The zero-order chi connectivity index (χ0) is 13.2. The zero-order valence-electron chi connectivity index (χ0n) is 10.6. The second kappa shape index (κ2) is 5.35. The molecule has 19 heavy (non-hydrogen) atoms. The van der Waals surface area contributed by atoms with E-state index in [9.17, 15) is 5.11 Å². The smallest absolute Gasteiger partial charge is 0.120 e. The van der Waals surface area contributed by atoms with Gasteiger partial charge in [0.05, 0.1) is 0 Å². The van der Waals surface area contributed by atoms with Gasteiger partial charge in [-0.15, -0.1) is 0 Å². The Morgan fingerprint density at radius 1 is 1.21 bits per heavy atom. The standard InChI is InChI=1S/C16H16BrNO/c17-13-6-7-14-11(9-13)5-8-15(14)18-10-12-3-1-2-4-16(12)19/h1-4,6-7,9,15,18-19H,5,8,10H2. The summed E-state index contributed by atoms with van der Waals surface area (Å²) in [6, 6.07) is 14.4. The number of para-hydroxylation sites is 1. The molecule has 2 N–H and O–H groups in total. The third kappa shape index (κ3) is 2.67. The SMILES string of the molecule is Oc1ccccc1CNC1CCc2cc(Br)ccc21. The molecule has 1 aliphatic carbocycles. The van der Waals surface area contributed by atoms with Gasteiger partial charge in [-0.3, -0.25) is 0 Å². The second-order valence-corrected chi connectivity index (χ2v) is 5.86. The second-order valence-electron chi connectivity index (χ2n) is 4.94. The maximum Gasteiger partial charge on any atom is 0.120 e. The zero-order valence-corrected chi connectivity index (χ0v) is 12.2. The Labute approximate surface area is 121 Å². The molecule has 0 bridgehead atoms. The van der Waals surface area contributed by atoms with E-state index in [0.29, 0.717) is 18.3 Å². The Hall–Kier alpha value is -1.32. The van der Waals surface area contributed by atoms with Gasteiger partial charge >= 0.3 is 0 Å². The highest BCUT2D eigenvalue weighted by Crippen LogP contribution is 2.33. The van der Waals surface area contributed by atoms with Gasteiger partial charge in [0.1, 0.15) is 5.75 Å². The van der Waals surface area contributed by atoms with Crippen LogP contribution in [0.15, 0.2) is 46.9 Å². The minimum absolute atomic E-state index is 0.365. The molecular weight excluding hydrogens is 302 g/mol. The van der Waals surface area contributed by atoms with Crippen molar-refractivity contribution in [3.05, 3.63) is 63.6 Å². The molecule has 0 fully saturated rings. The lowest BCUT2D eigenvalue weighted by Gasteiger charge is -2.14. The summed E-state index contributed by atoms with van der Waals surface area (Å²) in [5.74, 6) is 0.365. The van der Waals surface area contributed by atoms with Crippen molar-refractivity contribution in [2.75, 3.05) is 0 Å². The monoisotopic (exact) mass is 317 g/mol. The molecule has 0 spiro atoms. The van der Waals surface area contributed by atoms with Gasteiger partial charge < -0.3 is 10.4 Å². The van der Waals surface area contributed by atoms with Crippen LogP contribution in [0.3, 0.4) is 0 Å². The first kappa shape index (κ1) is 12.7. The Kier molecular flexibility index (Phi) is 3.58. The molecule has 98 valence electrons. The molecule has 0 amide bonds. The highest BCUT2D eigenvalue weighted by Gasteiger charge is 2.22. The molecule has 2 aromatic rings. The third-order valence-corrected chi connectivity index (χ3v) is 4.21. The fraction of sp³-hybridized carbons (Fsp3) is 0.250. The lowest BCUT2D eigenvalue weighted by atomic mass is 10.1. The quantitative estimate of drug-likeness (QED) is 0.899. The van der Waals surface area contributed by atoms with E-state index < -0.39 is 0 Å². The third-order valence-electron chi connectivity index (χ3n) is 3.71. The van der Waals surface area contributed by atoms with E-state index in [4.69, 9.17) is 0 Å². The van der Waals surface area contributed by atoms with Gasteiger partial charge in [0.15, 0.2) is 0 Å². The van der Waals surface area contributed by atoms with Gasteiger partial charge in [0.2, 0.25) is 0 Å².